The molecular weight excluding hydrogens is 953 g/mol. The van der Waals surface area contributed by atoms with Gasteiger partial charge in [-0.25, -0.2) is 0 Å². The molecule has 0 spiro atoms. The largest absolute Gasteiger partial charge is 0.140 e. The lowest BCUT2D eigenvalue weighted by molar-refractivity contribution is 0.670. The van der Waals surface area contributed by atoms with Gasteiger partial charge in [0.25, 0.3) is 0 Å². The zero-order chi connectivity index (χ0) is 51.5. The Kier molecular flexibility index (Phi) is 17.0. The summed E-state index contributed by atoms with van der Waals surface area (Å²) in [6, 6.07) is 74.0. The third kappa shape index (κ3) is 11.4. The molecule has 0 aliphatic rings. The zero-order valence-corrected chi connectivity index (χ0v) is 46.7. The summed E-state index contributed by atoms with van der Waals surface area (Å²) in [6.07, 6.45) is 20.2. The quantitative estimate of drug-likeness (QED) is 0.0418. The summed E-state index contributed by atoms with van der Waals surface area (Å²) in [5, 5.41) is 8.88. The number of thiophene rings is 2. The molecule has 0 nitrogen and oxygen atoms in total. The Morgan fingerprint density at radius 1 is 0.276 bits per heavy atom. The first-order valence-corrected chi connectivity index (χ1v) is 30.5. The number of benzene rings is 9. The Hall–Kier alpha value is -6.58. The van der Waals surface area contributed by atoms with Crippen LogP contribution in [0.4, 0.5) is 0 Å². The molecule has 2 heteroatoms. The van der Waals surface area contributed by atoms with E-state index in [9.17, 15) is 0 Å². The Labute approximate surface area is 461 Å². The maximum Gasteiger partial charge on any atom is 0.0387 e. The van der Waals surface area contributed by atoms with Crippen molar-refractivity contribution in [1.29, 1.82) is 0 Å². The van der Waals surface area contributed by atoms with Crippen molar-refractivity contribution in [2.75, 3.05) is 0 Å². The molecule has 76 heavy (non-hydrogen) atoms. The van der Waals surface area contributed by atoms with Crippen molar-refractivity contribution in [1.82, 2.24) is 0 Å². The highest BCUT2D eigenvalue weighted by Crippen LogP contribution is 2.55. The van der Waals surface area contributed by atoms with Crippen LogP contribution in [-0.4, -0.2) is 0 Å². The minimum Gasteiger partial charge on any atom is -0.140 e. The van der Waals surface area contributed by atoms with Crippen molar-refractivity contribution in [2.24, 2.45) is 0 Å². The van der Waals surface area contributed by atoms with Gasteiger partial charge in [0.05, 0.1) is 0 Å². The molecular formula is C74H74S2. The summed E-state index contributed by atoms with van der Waals surface area (Å²) < 4.78 is 3.02. The predicted octanol–water partition coefficient (Wildman–Crippen LogP) is 21.1. The van der Waals surface area contributed by atoms with Crippen LogP contribution in [0.2, 0.25) is 0 Å². The fourth-order valence-electron chi connectivity index (χ4n) is 12.4. The number of rotatable bonds is 24. The number of hydrogen-bond donors (Lipinski definition) is 0. The van der Waals surface area contributed by atoms with Crippen molar-refractivity contribution >= 4 is 64.4 Å². The Morgan fingerprint density at radius 2 is 0.566 bits per heavy atom. The summed E-state index contributed by atoms with van der Waals surface area (Å²) in [7, 11) is 0. The summed E-state index contributed by atoms with van der Waals surface area (Å²) in [4.78, 5) is 3.07. The summed E-state index contributed by atoms with van der Waals surface area (Å²) >= 11 is 4.24. The molecule has 2 heterocycles. The van der Waals surface area contributed by atoms with E-state index in [0.29, 0.717) is 0 Å². The van der Waals surface area contributed by atoms with E-state index in [1.54, 1.807) is 0 Å². The zero-order valence-electron chi connectivity index (χ0n) is 45.0. The van der Waals surface area contributed by atoms with E-state index in [4.69, 9.17) is 0 Å². The molecule has 0 saturated carbocycles. The van der Waals surface area contributed by atoms with Gasteiger partial charge in [0.2, 0.25) is 0 Å². The van der Waals surface area contributed by atoms with Crippen molar-refractivity contribution in [2.45, 2.75) is 129 Å². The first-order valence-electron chi connectivity index (χ1n) is 28.9. The van der Waals surface area contributed by atoms with Gasteiger partial charge in [-0.05, 0) is 188 Å². The topological polar surface area (TPSA) is 0 Å². The second kappa shape index (κ2) is 25.1. The molecule has 0 radical (unpaired) electrons. The van der Waals surface area contributed by atoms with Crippen LogP contribution in [-0.2, 0) is 64.2 Å². The van der Waals surface area contributed by atoms with Crippen LogP contribution in [0.15, 0.2) is 194 Å². The van der Waals surface area contributed by atoms with E-state index in [0.717, 1.165) is 64.2 Å². The highest BCUT2D eigenvalue weighted by atomic mass is 32.1. The summed E-state index contributed by atoms with van der Waals surface area (Å²) in [6.45, 7) is 4.66. The number of aryl methyl sites for hydroxylation is 10. The molecule has 11 rings (SSSR count). The van der Waals surface area contributed by atoms with Crippen LogP contribution in [0.3, 0.4) is 0 Å². The van der Waals surface area contributed by atoms with Crippen LogP contribution in [0, 0.1) is 0 Å². The lowest BCUT2D eigenvalue weighted by atomic mass is 9.76. The molecule has 0 N–H and O–H groups in total. The lowest BCUT2D eigenvalue weighted by Gasteiger charge is -2.27. The van der Waals surface area contributed by atoms with E-state index in [2.05, 4.69) is 231 Å². The van der Waals surface area contributed by atoms with Gasteiger partial charge >= 0.3 is 0 Å². The van der Waals surface area contributed by atoms with Gasteiger partial charge in [-0.3, -0.25) is 0 Å². The summed E-state index contributed by atoms with van der Waals surface area (Å²) in [5.41, 5.74) is 17.2. The fourth-order valence-corrected chi connectivity index (χ4v) is 15.0. The molecule has 382 valence electrons. The lowest BCUT2D eigenvalue weighted by Crippen LogP contribution is -2.06. The third-order valence-corrected chi connectivity index (χ3v) is 18.7. The minimum absolute atomic E-state index is 0.963. The van der Waals surface area contributed by atoms with Crippen molar-refractivity contribution in [3.8, 4) is 22.3 Å². The van der Waals surface area contributed by atoms with Gasteiger partial charge < -0.3 is 0 Å². The Bertz CT molecular complexity index is 3190. The van der Waals surface area contributed by atoms with Crippen LogP contribution in [0.5, 0.6) is 0 Å². The average Bonchev–Trinajstić information content (AvgIpc) is 4.27. The number of fused-ring (bicyclic) bond motifs is 4. The van der Waals surface area contributed by atoms with Gasteiger partial charge in [-0.15, -0.1) is 22.7 Å². The summed E-state index contributed by atoms with van der Waals surface area (Å²) in [5.74, 6) is 0. The molecule has 0 saturated heterocycles. The standard InChI is InChI=1S/C74H74S2/c1-3-5-7-27-41-59-51-65-61(47-43-53-29-15-9-16-30-53)69-67(57-37-23-13-24-38-57)72-64(50-46-56-35-21-12-22-36-56)74-66(52-60(76-74)42-28-8-6-4-2)62(48-44-54-31-17-10-18-32-54)70(72)68(58-39-25-14-26-40-58)71(69)63(73(65)75-59)49-45-55-33-19-11-20-34-55/h9-26,29-40,51-52H,3-8,27-28,41-50H2,1-2H3. The highest BCUT2D eigenvalue weighted by Gasteiger charge is 2.30. The second-order valence-electron chi connectivity index (χ2n) is 21.4. The van der Waals surface area contributed by atoms with Crippen LogP contribution >= 0.6 is 22.7 Å². The molecule has 0 atom stereocenters. The molecule has 0 amide bonds. The van der Waals surface area contributed by atoms with Gasteiger partial charge in [0, 0.05) is 19.2 Å². The molecule has 0 fully saturated rings. The van der Waals surface area contributed by atoms with Crippen molar-refractivity contribution in [3.63, 3.8) is 0 Å². The SMILES string of the molecule is CCCCCCc1cc2c(CCc3ccccc3)c3c(-c4ccccc4)c4c(CCc5ccccc5)c5sc(CCCCCC)cc5c(CCc5ccccc5)c4c(-c4ccccc4)c3c(CCc3ccccc3)c2s1. The fraction of sp³-hybridized carbons (Fsp3) is 0.270. The number of hydrogen-bond acceptors (Lipinski definition) is 2. The van der Waals surface area contributed by atoms with Gasteiger partial charge in [-0.1, -0.05) is 234 Å². The van der Waals surface area contributed by atoms with Crippen molar-refractivity contribution in [3.05, 3.63) is 248 Å². The smallest absolute Gasteiger partial charge is 0.0387 e. The maximum atomic E-state index is 2.67. The first-order chi connectivity index (χ1) is 37.7. The van der Waals surface area contributed by atoms with Gasteiger partial charge in [0.1, 0.15) is 0 Å². The number of unbranched alkanes of at least 4 members (excludes halogenated alkanes) is 6. The van der Waals surface area contributed by atoms with Gasteiger partial charge in [-0.2, -0.15) is 0 Å². The van der Waals surface area contributed by atoms with Crippen LogP contribution in [0.25, 0.3) is 64.0 Å². The molecule has 0 bridgehead atoms. The average molecular weight is 1030 g/mol. The Morgan fingerprint density at radius 3 is 0.882 bits per heavy atom. The second-order valence-corrected chi connectivity index (χ2v) is 23.6. The monoisotopic (exact) mass is 1030 g/mol. The maximum absolute atomic E-state index is 2.67. The Balaban J connectivity index is 1.35. The molecule has 0 aliphatic heterocycles. The van der Waals surface area contributed by atoms with E-state index in [1.165, 1.54) is 170 Å². The predicted molar refractivity (Wildman–Crippen MR) is 334 cm³/mol. The molecule has 9 aromatic carbocycles. The molecule has 0 unspecified atom stereocenters. The van der Waals surface area contributed by atoms with Crippen LogP contribution in [0.1, 0.15) is 119 Å². The van der Waals surface area contributed by atoms with Crippen molar-refractivity contribution < 1.29 is 0 Å². The van der Waals surface area contributed by atoms with Gasteiger partial charge in [0.15, 0.2) is 0 Å². The van der Waals surface area contributed by atoms with E-state index < -0.39 is 0 Å². The molecule has 11 aromatic rings. The highest BCUT2D eigenvalue weighted by molar-refractivity contribution is 7.19. The minimum atomic E-state index is 0.963. The molecule has 0 aliphatic carbocycles. The van der Waals surface area contributed by atoms with E-state index in [1.807, 2.05) is 0 Å². The third-order valence-electron chi connectivity index (χ3n) is 16.2. The van der Waals surface area contributed by atoms with E-state index in [-0.39, 0.29) is 0 Å². The molecule has 2 aromatic heterocycles. The normalized spacial score (nSPS) is 11.7. The first kappa shape index (κ1) is 51.5. The van der Waals surface area contributed by atoms with E-state index >= 15 is 0 Å². The van der Waals surface area contributed by atoms with Crippen LogP contribution < -0.4 is 0 Å².